The summed E-state index contributed by atoms with van der Waals surface area (Å²) in [7, 11) is 0. The van der Waals surface area contributed by atoms with Crippen LogP contribution in [0, 0.1) is 0 Å². The highest BCUT2D eigenvalue weighted by atomic mass is 15.4. The van der Waals surface area contributed by atoms with Crippen LogP contribution in [0.5, 0.6) is 0 Å². The molecule has 1 atom stereocenters. The normalized spacial score (nSPS) is 16.5. The Morgan fingerprint density at radius 3 is 1.14 bits per heavy atom. The highest BCUT2D eigenvalue weighted by molar-refractivity contribution is 4.95. The molecule has 1 aliphatic heterocycles. The zero-order valence-electron chi connectivity index (χ0n) is 19.8. The summed E-state index contributed by atoms with van der Waals surface area (Å²) < 4.78 is 0. The topological polar surface area (TPSA) is 6.48 Å². The molecule has 2 nitrogen and oxygen atoms in total. The molecule has 0 saturated carbocycles. The van der Waals surface area contributed by atoms with Gasteiger partial charge in [-0.25, -0.2) is 0 Å². The van der Waals surface area contributed by atoms with Crippen molar-refractivity contribution in [3.63, 3.8) is 0 Å². The summed E-state index contributed by atoms with van der Waals surface area (Å²) in [6.07, 6.45) is 30.9. The molecule has 1 rings (SSSR count). The molecule has 0 aromatic carbocycles. The fourth-order valence-corrected chi connectivity index (χ4v) is 4.34. The van der Waals surface area contributed by atoms with E-state index in [1.165, 1.54) is 129 Å². The van der Waals surface area contributed by atoms with Gasteiger partial charge in [-0.2, -0.15) is 0 Å². The molecule has 0 aromatic heterocycles. The van der Waals surface area contributed by atoms with Crippen molar-refractivity contribution in [3.05, 3.63) is 12.4 Å². The van der Waals surface area contributed by atoms with Crippen LogP contribution < -0.4 is 0 Å². The van der Waals surface area contributed by atoms with Gasteiger partial charge >= 0.3 is 0 Å². The van der Waals surface area contributed by atoms with Crippen LogP contribution in [0.3, 0.4) is 0 Å². The van der Waals surface area contributed by atoms with Gasteiger partial charge in [-0.3, -0.25) is 0 Å². The van der Waals surface area contributed by atoms with Crippen LogP contribution in [-0.2, 0) is 0 Å². The Kier molecular flexibility index (Phi) is 16.7. The molecule has 166 valence electrons. The van der Waals surface area contributed by atoms with Crippen molar-refractivity contribution in [1.29, 1.82) is 0 Å². The van der Waals surface area contributed by atoms with Gasteiger partial charge in [-0.05, 0) is 19.8 Å². The fourth-order valence-electron chi connectivity index (χ4n) is 4.34. The van der Waals surface area contributed by atoms with E-state index in [2.05, 4.69) is 43.0 Å². The minimum atomic E-state index is 0.573. The smallest absolute Gasteiger partial charge is 0.0977 e. The Morgan fingerprint density at radius 2 is 0.750 bits per heavy atom. The maximum absolute atomic E-state index is 2.54. The molecule has 1 aliphatic rings. The van der Waals surface area contributed by atoms with Gasteiger partial charge in [-0.1, -0.05) is 117 Å². The average Bonchev–Trinajstić information content (AvgIpc) is 3.05. The summed E-state index contributed by atoms with van der Waals surface area (Å²) >= 11 is 0. The lowest BCUT2D eigenvalue weighted by molar-refractivity contribution is 0.165. The van der Waals surface area contributed by atoms with Crippen molar-refractivity contribution in [2.24, 2.45) is 0 Å². The number of unbranched alkanes of at least 4 members (excludes halogenated alkanes) is 16. The average molecular weight is 393 g/mol. The number of nitrogens with zero attached hydrogens (tertiary/aromatic N) is 2. The highest BCUT2D eigenvalue weighted by Gasteiger charge is 2.20. The molecule has 0 saturated heterocycles. The van der Waals surface area contributed by atoms with Gasteiger partial charge in [0.25, 0.3) is 0 Å². The monoisotopic (exact) mass is 392 g/mol. The Labute approximate surface area is 178 Å². The maximum atomic E-state index is 2.54. The third kappa shape index (κ3) is 12.7. The van der Waals surface area contributed by atoms with Gasteiger partial charge in [0.1, 0.15) is 0 Å². The van der Waals surface area contributed by atoms with Crippen LogP contribution >= 0.6 is 0 Å². The molecule has 0 N–H and O–H groups in total. The van der Waals surface area contributed by atoms with Crippen molar-refractivity contribution in [1.82, 2.24) is 9.80 Å². The van der Waals surface area contributed by atoms with Crippen LogP contribution in [0.4, 0.5) is 0 Å². The zero-order valence-corrected chi connectivity index (χ0v) is 19.8. The van der Waals surface area contributed by atoms with E-state index < -0.39 is 0 Å². The first-order valence-electron chi connectivity index (χ1n) is 13.0. The maximum Gasteiger partial charge on any atom is 0.0977 e. The van der Waals surface area contributed by atoms with E-state index in [1.807, 2.05) is 0 Å². The van der Waals surface area contributed by atoms with E-state index in [9.17, 15) is 0 Å². The van der Waals surface area contributed by atoms with Crippen molar-refractivity contribution < 1.29 is 0 Å². The first-order valence-corrected chi connectivity index (χ1v) is 13.0. The molecule has 28 heavy (non-hydrogen) atoms. The molecule has 0 aliphatic carbocycles. The van der Waals surface area contributed by atoms with Gasteiger partial charge in [-0.15, -0.1) is 0 Å². The van der Waals surface area contributed by atoms with Crippen LogP contribution in [-0.4, -0.2) is 29.1 Å². The Hall–Kier alpha value is -0.660. The Morgan fingerprint density at radius 1 is 0.464 bits per heavy atom. The van der Waals surface area contributed by atoms with E-state index in [0.717, 1.165) is 0 Å². The largest absolute Gasteiger partial charge is 0.356 e. The van der Waals surface area contributed by atoms with Gasteiger partial charge in [0.2, 0.25) is 0 Å². The first-order chi connectivity index (χ1) is 13.8. The van der Waals surface area contributed by atoms with E-state index in [4.69, 9.17) is 0 Å². The number of rotatable bonds is 20. The molecule has 0 fully saturated rings. The number of hydrogen-bond acceptors (Lipinski definition) is 2. The van der Waals surface area contributed by atoms with E-state index >= 15 is 0 Å². The molecule has 0 radical (unpaired) electrons. The van der Waals surface area contributed by atoms with Crippen LogP contribution in [0.25, 0.3) is 0 Å². The first kappa shape index (κ1) is 25.4. The van der Waals surface area contributed by atoms with Crippen LogP contribution in [0.15, 0.2) is 12.4 Å². The molecular weight excluding hydrogens is 340 g/mol. The molecular formula is C26H52N2. The fraction of sp³-hybridized carbons (Fsp3) is 0.923. The van der Waals surface area contributed by atoms with Crippen LogP contribution in [0.2, 0.25) is 0 Å². The summed E-state index contributed by atoms with van der Waals surface area (Å²) in [5.74, 6) is 0. The highest BCUT2D eigenvalue weighted by Crippen LogP contribution is 2.18. The van der Waals surface area contributed by atoms with Crippen molar-refractivity contribution >= 4 is 0 Å². The lowest BCUT2D eigenvalue weighted by atomic mass is 10.0. The van der Waals surface area contributed by atoms with Gasteiger partial charge in [0.05, 0.1) is 6.17 Å². The SMILES string of the molecule is CCCCCCCCCCCCCCCCCN1C=CN(CCCCC)C1C. The second-order valence-corrected chi connectivity index (χ2v) is 9.06. The number of hydrogen-bond donors (Lipinski definition) is 0. The minimum Gasteiger partial charge on any atom is -0.356 e. The summed E-state index contributed by atoms with van der Waals surface area (Å²) in [6, 6.07) is 0. The summed E-state index contributed by atoms with van der Waals surface area (Å²) in [4.78, 5) is 5.05. The lowest BCUT2D eigenvalue weighted by Gasteiger charge is -2.29. The molecule has 0 amide bonds. The molecule has 0 spiro atoms. The zero-order chi connectivity index (χ0) is 20.3. The summed E-state index contributed by atoms with van der Waals surface area (Å²) in [5, 5.41) is 0. The van der Waals surface area contributed by atoms with Gasteiger partial charge in [0.15, 0.2) is 0 Å². The van der Waals surface area contributed by atoms with E-state index in [1.54, 1.807) is 0 Å². The standard InChI is InChI=1S/C26H52N2/c1-4-6-8-9-10-11-12-13-14-15-16-17-18-19-21-23-28-25-24-27(26(28)3)22-20-7-5-2/h24-26H,4-23H2,1-3H3. The van der Waals surface area contributed by atoms with Crippen molar-refractivity contribution in [2.45, 2.75) is 143 Å². The Balaban J connectivity index is 1.81. The molecule has 1 unspecified atom stereocenters. The van der Waals surface area contributed by atoms with Crippen molar-refractivity contribution in [3.8, 4) is 0 Å². The molecule has 1 heterocycles. The quantitative estimate of drug-likeness (QED) is 0.192. The lowest BCUT2D eigenvalue weighted by Crippen LogP contribution is -2.36. The van der Waals surface area contributed by atoms with Crippen molar-refractivity contribution in [2.75, 3.05) is 13.1 Å². The summed E-state index contributed by atoms with van der Waals surface area (Å²) in [6.45, 7) is 9.40. The third-order valence-electron chi connectivity index (χ3n) is 6.45. The molecule has 2 heteroatoms. The Bertz CT molecular complexity index is 352. The second kappa shape index (κ2) is 18.4. The predicted molar refractivity (Wildman–Crippen MR) is 126 cm³/mol. The van der Waals surface area contributed by atoms with Gasteiger partial charge < -0.3 is 9.80 Å². The predicted octanol–water partition coefficient (Wildman–Crippen LogP) is 8.48. The third-order valence-corrected chi connectivity index (χ3v) is 6.45. The van der Waals surface area contributed by atoms with E-state index in [0.29, 0.717) is 6.17 Å². The molecule has 0 aromatic rings. The van der Waals surface area contributed by atoms with Crippen LogP contribution in [0.1, 0.15) is 136 Å². The molecule has 0 bridgehead atoms. The van der Waals surface area contributed by atoms with Gasteiger partial charge in [0, 0.05) is 25.5 Å². The second-order valence-electron chi connectivity index (χ2n) is 9.06. The summed E-state index contributed by atoms with van der Waals surface area (Å²) in [5.41, 5.74) is 0. The van der Waals surface area contributed by atoms with E-state index in [-0.39, 0.29) is 0 Å². The minimum absolute atomic E-state index is 0.573.